The van der Waals surface area contributed by atoms with Crippen LogP contribution in [0.5, 0.6) is 5.88 Å². The van der Waals surface area contributed by atoms with E-state index in [0.29, 0.717) is 5.88 Å². The maximum atomic E-state index is 11.8. The van der Waals surface area contributed by atoms with Gasteiger partial charge in [-0.3, -0.25) is 9.59 Å². The zero-order chi connectivity index (χ0) is 13.7. The molecule has 19 heavy (non-hydrogen) atoms. The minimum absolute atomic E-state index is 0.0617. The van der Waals surface area contributed by atoms with E-state index in [1.54, 1.807) is 18.3 Å². The molecule has 0 aromatic carbocycles. The van der Waals surface area contributed by atoms with Crippen molar-refractivity contribution in [3.8, 4) is 5.88 Å². The van der Waals surface area contributed by atoms with Gasteiger partial charge in [-0.25, -0.2) is 9.97 Å². The van der Waals surface area contributed by atoms with Crippen LogP contribution in [-0.2, 0) is 6.54 Å². The second-order valence-electron chi connectivity index (χ2n) is 3.65. The quantitative estimate of drug-likeness (QED) is 0.812. The standard InChI is InChI=1S/C12H12N4O3/c1-19-12-8(3-2-4-13-12)6-14-11(18)9-5-10(17)16-7-15-9/h2-5,7H,6H2,1H3,(H,14,18)(H,15,16,17). The van der Waals surface area contributed by atoms with Gasteiger partial charge in [-0.2, -0.15) is 0 Å². The summed E-state index contributed by atoms with van der Waals surface area (Å²) in [5, 5.41) is 2.64. The number of methoxy groups -OCH3 is 1. The number of aromatic amines is 1. The number of hydrogen-bond donors (Lipinski definition) is 2. The summed E-state index contributed by atoms with van der Waals surface area (Å²) in [6, 6.07) is 4.67. The van der Waals surface area contributed by atoms with E-state index < -0.39 is 5.91 Å². The van der Waals surface area contributed by atoms with Crippen LogP contribution in [0, 0.1) is 0 Å². The first-order chi connectivity index (χ1) is 9.20. The molecule has 0 spiro atoms. The third-order valence-electron chi connectivity index (χ3n) is 2.39. The molecule has 0 aliphatic carbocycles. The number of hydrogen-bond acceptors (Lipinski definition) is 5. The molecule has 2 aromatic rings. The van der Waals surface area contributed by atoms with Crippen molar-refractivity contribution in [2.45, 2.75) is 6.54 Å². The number of carbonyl (C=O) groups is 1. The Morgan fingerprint density at radius 3 is 3.05 bits per heavy atom. The summed E-state index contributed by atoms with van der Waals surface area (Å²) in [6.07, 6.45) is 2.78. The van der Waals surface area contributed by atoms with Crippen LogP contribution in [0.3, 0.4) is 0 Å². The summed E-state index contributed by atoms with van der Waals surface area (Å²) in [5.41, 5.74) is 0.425. The van der Waals surface area contributed by atoms with Gasteiger partial charge in [0.25, 0.3) is 11.5 Å². The van der Waals surface area contributed by atoms with E-state index in [0.717, 1.165) is 11.6 Å². The Kier molecular flexibility index (Phi) is 3.87. The number of amides is 1. The Bertz CT molecular complexity index is 639. The van der Waals surface area contributed by atoms with E-state index in [2.05, 4.69) is 20.3 Å². The van der Waals surface area contributed by atoms with Gasteiger partial charge >= 0.3 is 0 Å². The van der Waals surface area contributed by atoms with Crippen molar-refractivity contribution in [1.29, 1.82) is 0 Å². The number of carbonyl (C=O) groups excluding carboxylic acids is 1. The predicted octanol–water partition coefficient (Wildman–Crippen LogP) is 0.103. The van der Waals surface area contributed by atoms with Crippen LogP contribution in [0.15, 0.2) is 35.5 Å². The van der Waals surface area contributed by atoms with Gasteiger partial charge in [0.2, 0.25) is 5.88 Å². The lowest BCUT2D eigenvalue weighted by Crippen LogP contribution is -2.25. The number of H-pyrrole nitrogens is 1. The fourth-order valence-electron chi connectivity index (χ4n) is 1.50. The van der Waals surface area contributed by atoms with Crippen molar-refractivity contribution in [3.63, 3.8) is 0 Å². The highest BCUT2D eigenvalue weighted by atomic mass is 16.5. The molecule has 0 atom stereocenters. The maximum absolute atomic E-state index is 11.8. The molecule has 0 fully saturated rings. The summed E-state index contributed by atoms with van der Waals surface area (Å²) >= 11 is 0. The average molecular weight is 260 g/mol. The zero-order valence-corrected chi connectivity index (χ0v) is 10.2. The molecule has 2 aromatic heterocycles. The number of pyridine rings is 1. The lowest BCUT2D eigenvalue weighted by molar-refractivity contribution is 0.0945. The number of ether oxygens (including phenoxy) is 1. The molecule has 0 bridgehead atoms. The smallest absolute Gasteiger partial charge is 0.270 e. The Hall–Kier alpha value is -2.70. The summed E-state index contributed by atoms with van der Waals surface area (Å²) < 4.78 is 5.07. The van der Waals surface area contributed by atoms with Gasteiger partial charge in [0, 0.05) is 24.4 Å². The van der Waals surface area contributed by atoms with Crippen LogP contribution in [0.2, 0.25) is 0 Å². The van der Waals surface area contributed by atoms with Gasteiger partial charge < -0.3 is 15.0 Å². The van der Waals surface area contributed by atoms with Crippen LogP contribution < -0.4 is 15.6 Å². The van der Waals surface area contributed by atoms with Gasteiger partial charge in [-0.15, -0.1) is 0 Å². The topological polar surface area (TPSA) is 97.0 Å². The summed E-state index contributed by atoms with van der Waals surface area (Å²) in [6.45, 7) is 0.240. The van der Waals surface area contributed by atoms with Crippen molar-refractivity contribution in [2.75, 3.05) is 7.11 Å². The minimum atomic E-state index is -0.433. The number of aromatic nitrogens is 3. The highest BCUT2D eigenvalue weighted by Gasteiger charge is 2.09. The lowest BCUT2D eigenvalue weighted by Gasteiger charge is -2.07. The van der Waals surface area contributed by atoms with E-state index in [4.69, 9.17) is 4.74 Å². The summed E-state index contributed by atoms with van der Waals surface area (Å²) in [7, 11) is 1.51. The Morgan fingerprint density at radius 2 is 2.32 bits per heavy atom. The van der Waals surface area contributed by atoms with E-state index in [-0.39, 0.29) is 17.8 Å². The first kappa shape index (κ1) is 12.7. The minimum Gasteiger partial charge on any atom is -0.481 e. The molecule has 0 radical (unpaired) electrons. The van der Waals surface area contributed by atoms with Crippen LogP contribution in [0.4, 0.5) is 0 Å². The molecule has 0 saturated heterocycles. The molecule has 7 heteroatoms. The van der Waals surface area contributed by atoms with Gasteiger partial charge in [0.1, 0.15) is 5.69 Å². The van der Waals surface area contributed by atoms with Gasteiger partial charge in [0.05, 0.1) is 13.4 Å². The van der Waals surface area contributed by atoms with E-state index in [1.807, 2.05) is 0 Å². The van der Waals surface area contributed by atoms with Gasteiger partial charge in [-0.1, -0.05) is 6.07 Å². The molecule has 1 amide bonds. The fraction of sp³-hybridized carbons (Fsp3) is 0.167. The number of nitrogens with one attached hydrogen (secondary N) is 2. The van der Waals surface area contributed by atoms with Crippen LogP contribution >= 0.6 is 0 Å². The highest BCUT2D eigenvalue weighted by molar-refractivity contribution is 5.91. The molecule has 0 unspecified atom stereocenters. The summed E-state index contributed by atoms with van der Waals surface area (Å²) in [4.78, 5) is 33.0. The van der Waals surface area contributed by atoms with Crippen LogP contribution in [0.1, 0.15) is 16.1 Å². The highest BCUT2D eigenvalue weighted by Crippen LogP contribution is 2.12. The second kappa shape index (κ2) is 5.76. The Balaban J connectivity index is 2.06. The molecular formula is C12H12N4O3. The van der Waals surface area contributed by atoms with Gasteiger partial charge in [-0.05, 0) is 6.07 Å². The largest absolute Gasteiger partial charge is 0.481 e. The third-order valence-corrected chi connectivity index (χ3v) is 2.39. The summed E-state index contributed by atoms with van der Waals surface area (Å²) in [5.74, 6) is 0.0127. The number of nitrogens with zero attached hydrogens (tertiary/aromatic N) is 2. The molecule has 0 aliphatic rings. The van der Waals surface area contributed by atoms with Crippen molar-refractivity contribution in [3.05, 3.63) is 52.3 Å². The molecular weight excluding hydrogens is 248 g/mol. The van der Waals surface area contributed by atoms with E-state index >= 15 is 0 Å². The molecule has 98 valence electrons. The average Bonchev–Trinajstić information content (AvgIpc) is 2.45. The monoisotopic (exact) mass is 260 g/mol. The van der Waals surface area contributed by atoms with Gasteiger partial charge in [0.15, 0.2) is 0 Å². The van der Waals surface area contributed by atoms with Crippen LogP contribution in [-0.4, -0.2) is 28.0 Å². The van der Waals surface area contributed by atoms with Crippen LogP contribution in [0.25, 0.3) is 0 Å². The SMILES string of the molecule is COc1ncccc1CNC(=O)c1cc(=O)[nH]cn1. The maximum Gasteiger partial charge on any atom is 0.270 e. The van der Waals surface area contributed by atoms with Crippen molar-refractivity contribution >= 4 is 5.91 Å². The first-order valence-corrected chi connectivity index (χ1v) is 5.51. The molecule has 2 rings (SSSR count). The van der Waals surface area contributed by atoms with Crippen molar-refractivity contribution in [1.82, 2.24) is 20.3 Å². The third kappa shape index (κ3) is 3.15. The van der Waals surface area contributed by atoms with Crippen molar-refractivity contribution < 1.29 is 9.53 Å². The fourth-order valence-corrected chi connectivity index (χ4v) is 1.50. The Morgan fingerprint density at radius 1 is 1.47 bits per heavy atom. The Labute approximate surface area is 108 Å². The van der Waals surface area contributed by atoms with E-state index in [1.165, 1.54) is 13.4 Å². The lowest BCUT2D eigenvalue weighted by atomic mass is 10.2. The molecule has 7 nitrogen and oxygen atoms in total. The zero-order valence-electron chi connectivity index (χ0n) is 10.2. The molecule has 2 N–H and O–H groups in total. The normalized spacial score (nSPS) is 9.95. The molecule has 2 heterocycles. The molecule has 0 aliphatic heterocycles. The van der Waals surface area contributed by atoms with Crippen molar-refractivity contribution in [2.24, 2.45) is 0 Å². The first-order valence-electron chi connectivity index (χ1n) is 5.51. The number of rotatable bonds is 4. The predicted molar refractivity (Wildman–Crippen MR) is 66.8 cm³/mol. The molecule has 0 saturated carbocycles. The second-order valence-corrected chi connectivity index (χ2v) is 3.65. The van der Waals surface area contributed by atoms with E-state index in [9.17, 15) is 9.59 Å².